The lowest BCUT2D eigenvalue weighted by atomic mass is 10.1. The number of pyridine rings is 1. The van der Waals surface area contributed by atoms with E-state index in [-0.39, 0.29) is 24.7 Å². The number of thiazole rings is 1. The topological polar surface area (TPSA) is 87.5 Å². The Morgan fingerprint density at radius 3 is 2.69 bits per heavy atom. The van der Waals surface area contributed by atoms with E-state index in [0.717, 1.165) is 29.0 Å². The van der Waals surface area contributed by atoms with Crippen LogP contribution in [0.2, 0.25) is 0 Å². The number of amides is 2. The second kappa shape index (κ2) is 8.74. The van der Waals surface area contributed by atoms with Gasteiger partial charge >= 0.3 is 0 Å². The van der Waals surface area contributed by atoms with E-state index in [2.05, 4.69) is 20.4 Å². The molecular formula is C21H19N5O2S. The van der Waals surface area contributed by atoms with Crippen molar-refractivity contribution in [1.82, 2.24) is 15.0 Å². The number of nitrogens with one attached hydrogen (secondary N) is 1. The van der Waals surface area contributed by atoms with E-state index in [1.54, 1.807) is 12.4 Å². The molecule has 146 valence electrons. The molecular weight excluding hydrogens is 386 g/mol. The maximum absolute atomic E-state index is 12.4. The zero-order valence-electron chi connectivity index (χ0n) is 15.6. The Labute approximate surface area is 172 Å². The summed E-state index contributed by atoms with van der Waals surface area (Å²) in [6.45, 7) is 0.547. The van der Waals surface area contributed by atoms with Crippen molar-refractivity contribution in [3.05, 3.63) is 65.8 Å². The zero-order valence-corrected chi connectivity index (χ0v) is 16.4. The lowest BCUT2D eigenvalue weighted by Gasteiger charge is -2.10. The average molecular weight is 405 g/mol. The second-order valence-electron chi connectivity index (χ2n) is 6.51. The summed E-state index contributed by atoms with van der Waals surface area (Å²) in [6.07, 6.45) is 4.34. The number of hydrogen-bond donors (Lipinski definition) is 1. The molecule has 0 saturated carbocycles. The van der Waals surface area contributed by atoms with Gasteiger partial charge in [-0.25, -0.2) is 9.99 Å². The van der Waals surface area contributed by atoms with Crippen LogP contribution in [0.1, 0.15) is 24.8 Å². The summed E-state index contributed by atoms with van der Waals surface area (Å²) in [6, 6.07) is 13.6. The fraction of sp³-hybridized carbons (Fsp3) is 0.190. The quantitative estimate of drug-likeness (QED) is 0.679. The number of carbonyl (C=O) groups is 2. The number of aromatic nitrogens is 2. The van der Waals surface area contributed by atoms with E-state index >= 15 is 0 Å². The molecule has 1 aliphatic heterocycles. The molecule has 0 aliphatic carbocycles. The van der Waals surface area contributed by atoms with E-state index in [4.69, 9.17) is 0 Å². The predicted octanol–water partition coefficient (Wildman–Crippen LogP) is 3.56. The highest BCUT2D eigenvalue weighted by Crippen LogP contribution is 2.24. The van der Waals surface area contributed by atoms with Gasteiger partial charge in [-0.3, -0.25) is 14.6 Å². The molecule has 0 radical (unpaired) electrons. The van der Waals surface area contributed by atoms with Crippen molar-refractivity contribution < 1.29 is 9.59 Å². The maximum atomic E-state index is 12.4. The zero-order chi connectivity index (χ0) is 20.1. The van der Waals surface area contributed by atoms with E-state index in [1.807, 2.05) is 47.8 Å². The molecule has 0 unspecified atom stereocenters. The summed E-state index contributed by atoms with van der Waals surface area (Å²) in [5.41, 5.74) is 3.57. The van der Waals surface area contributed by atoms with Gasteiger partial charge in [0.2, 0.25) is 11.8 Å². The van der Waals surface area contributed by atoms with Crippen LogP contribution in [0.3, 0.4) is 0 Å². The molecule has 0 saturated heterocycles. The van der Waals surface area contributed by atoms with Gasteiger partial charge in [-0.05, 0) is 17.7 Å². The molecule has 4 rings (SSSR count). The summed E-state index contributed by atoms with van der Waals surface area (Å²) >= 11 is 1.34. The van der Waals surface area contributed by atoms with Gasteiger partial charge < -0.3 is 5.32 Å². The van der Waals surface area contributed by atoms with Gasteiger partial charge in [-0.2, -0.15) is 5.10 Å². The van der Waals surface area contributed by atoms with Crippen LogP contribution in [0.5, 0.6) is 0 Å². The van der Waals surface area contributed by atoms with Crippen LogP contribution in [-0.2, 0) is 9.59 Å². The van der Waals surface area contributed by atoms with Crippen LogP contribution < -0.4 is 5.32 Å². The molecule has 0 atom stereocenters. The first-order valence-corrected chi connectivity index (χ1v) is 10.2. The van der Waals surface area contributed by atoms with Gasteiger partial charge in [0.05, 0.1) is 18.0 Å². The highest BCUT2D eigenvalue weighted by Gasteiger charge is 2.22. The van der Waals surface area contributed by atoms with E-state index in [9.17, 15) is 9.59 Å². The smallest absolute Gasteiger partial charge is 0.243 e. The molecule has 0 bridgehead atoms. The first kappa shape index (κ1) is 18.9. The first-order valence-electron chi connectivity index (χ1n) is 9.28. The highest BCUT2D eigenvalue weighted by atomic mass is 32.1. The number of rotatable bonds is 6. The minimum atomic E-state index is -0.239. The van der Waals surface area contributed by atoms with Crippen LogP contribution in [0.15, 0.2) is 65.3 Å². The van der Waals surface area contributed by atoms with Crippen molar-refractivity contribution in [3.63, 3.8) is 0 Å². The highest BCUT2D eigenvalue weighted by molar-refractivity contribution is 7.14. The van der Waals surface area contributed by atoms with Crippen molar-refractivity contribution in [2.24, 2.45) is 5.10 Å². The SMILES string of the molecule is O=C(CCC(=O)N1CCC(c2ccccc2)=N1)Nc1nc(-c2cccnc2)cs1. The van der Waals surface area contributed by atoms with Crippen LogP contribution in [0.4, 0.5) is 5.13 Å². The molecule has 2 amide bonds. The van der Waals surface area contributed by atoms with Gasteiger partial charge in [0, 0.05) is 42.6 Å². The standard InChI is InChI=1S/C21H19N5O2S/c27-19(24-21-23-18(14-29-21)16-7-4-11-22-13-16)8-9-20(28)26-12-10-17(25-26)15-5-2-1-3-6-15/h1-7,11,13-14H,8-10,12H2,(H,23,24,27). The molecule has 0 fully saturated rings. The van der Waals surface area contributed by atoms with E-state index in [0.29, 0.717) is 11.7 Å². The third-order valence-corrected chi connectivity index (χ3v) is 5.23. The fourth-order valence-electron chi connectivity index (χ4n) is 2.98. The third kappa shape index (κ3) is 4.72. The fourth-order valence-corrected chi connectivity index (χ4v) is 3.72. The number of carbonyl (C=O) groups excluding carboxylic acids is 2. The number of benzene rings is 1. The molecule has 7 nitrogen and oxygen atoms in total. The van der Waals surface area contributed by atoms with E-state index in [1.165, 1.54) is 16.3 Å². The Kier molecular flexibility index (Phi) is 5.71. The average Bonchev–Trinajstić information content (AvgIpc) is 3.43. The molecule has 2 aromatic heterocycles. The van der Waals surface area contributed by atoms with Crippen LogP contribution in [0.25, 0.3) is 11.3 Å². The first-order chi connectivity index (χ1) is 14.2. The number of nitrogens with zero attached hydrogens (tertiary/aromatic N) is 4. The van der Waals surface area contributed by atoms with Gasteiger partial charge in [0.15, 0.2) is 5.13 Å². The Morgan fingerprint density at radius 1 is 1.07 bits per heavy atom. The van der Waals surface area contributed by atoms with Gasteiger partial charge in [0.1, 0.15) is 0 Å². The number of hydrogen-bond acceptors (Lipinski definition) is 6. The lowest BCUT2D eigenvalue weighted by molar-refractivity contribution is -0.132. The Balaban J connectivity index is 1.28. The molecule has 1 aromatic carbocycles. The Bertz CT molecular complexity index is 1030. The number of hydrazone groups is 1. The predicted molar refractivity (Wildman–Crippen MR) is 113 cm³/mol. The molecule has 3 heterocycles. The minimum Gasteiger partial charge on any atom is -0.302 e. The van der Waals surface area contributed by atoms with E-state index < -0.39 is 0 Å². The van der Waals surface area contributed by atoms with Gasteiger partial charge in [-0.1, -0.05) is 30.3 Å². The molecule has 3 aromatic rings. The monoisotopic (exact) mass is 405 g/mol. The Hall–Kier alpha value is -3.39. The molecule has 0 spiro atoms. The summed E-state index contributed by atoms with van der Waals surface area (Å²) in [7, 11) is 0. The van der Waals surface area contributed by atoms with Crippen molar-refractivity contribution in [3.8, 4) is 11.3 Å². The summed E-state index contributed by atoms with van der Waals surface area (Å²) in [5, 5.41) is 11.0. The molecule has 1 N–H and O–H groups in total. The normalized spacial score (nSPS) is 13.2. The lowest BCUT2D eigenvalue weighted by Crippen LogP contribution is -2.24. The Morgan fingerprint density at radius 2 is 1.90 bits per heavy atom. The molecule has 29 heavy (non-hydrogen) atoms. The van der Waals surface area contributed by atoms with Crippen molar-refractivity contribution in [2.45, 2.75) is 19.3 Å². The summed E-state index contributed by atoms with van der Waals surface area (Å²) < 4.78 is 0. The summed E-state index contributed by atoms with van der Waals surface area (Å²) in [4.78, 5) is 33.1. The van der Waals surface area contributed by atoms with Crippen molar-refractivity contribution >= 4 is 34.0 Å². The summed E-state index contributed by atoms with van der Waals surface area (Å²) in [5.74, 6) is -0.391. The van der Waals surface area contributed by atoms with Crippen molar-refractivity contribution in [1.29, 1.82) is 0 Å². The van der Waals surface area contributed by atoms with Crippen molar-refractivity contribution in [2.75, 3.05) is 11.9 Å². The van der Waals surface area contributed by atoms with Crippen LogP contribution in [-0.4, -0.2) is 39.0 Å². The van der Waals surface area contributed by atoms with Crippen LogP contribution >= 0.6 is 11.3 Å². The molecule has 1 aliphatic rings. The number of anilines is 1. The molecule has 8 heteroatoms. The minimum absolute atomic E-state index is 0.0906. The van der Waals surface area contributed by atoms with Gasteiger partial charge in [0.25, 0.3) is 0 Å². The largest absolute Gasteiger partial charge is 0.302 e. The van der Waals surface area contributed by atoms with Crippen LogP contribution in [0, 0.1) is 0 Å². The van der Waals surface area contributed by atoms with Gasteiger partial charge in [-0.15, -0.1) is 11.3 Å². The maximum Gasteiger partial charge on any atom is 0.243 e. The third-order valence-electron chi connectivity index (χ3n) is 4.47. The second-order valence-corrected chi connectivity index (χ2v) is 7.37.